The maximum absolute atomic E-state index is 12.1. The van der Waals surface area contributed by atoms with Gasteiger partial charge >= 0.3 is 5.97 Å². The van der Waals surface area contributed by atoms with Crippen molar-refractivity contribution in [2.75, 3.05) is 0 Å². The van der Waals surface area contributed by atoms with E-state index < -0.39 is 0 Å². The van der Waals surface area contributed by atoms with Crippen LogP contribution < -0.4 is 0 Å². The molecule has 0 aromatic rings. The molecule has 5 aliphatic carbocycles. The maximum atomic E-state index is 12.1. The van der Waals surface area contributed by atoms with Gasteiger partial charge in [-0.1, -0.05) is 55.4 Å². The molecule has 0 aromatic heterocycles. The Kier molecular flexibility index (Phi) is 5.93. The number of hydrogen-bond donors (Lipinski definition) is 1. The van der Waals surface area contributed by atoms with Crippen LogP contribution in [-0.4, -0.2) is 23.3 Å². The van der Waals surface area contributed by atoms with Crippen molar-refractivity contribution in [2.24, 2.45) is 62.6 Å². The summed E-state index contributed by atoms with van der Waals surface area (Å²) < 4.78 is 5.89. The molecular formula is C32H54O3. The lowest BCUT2D eigenvalue weighted by Crippen LogP contribution is -2.70. The van der Waals surface area contributed by atoms with E-state index in [1.165, 1.54) is 38.5 Å². The Labute approximate surface area is 215 Å². The quantitative estimate of drug-likeness (QED) is 0.387. The number of esters is 1. The summed E-state index contributed by atoms with van der Waals surface area (Å²) in [5.41, 5.74) is 1.00. The van der Waals surface area contributed by atoms with Gasteiger partial charge in [-0.15, -0.1) is 0 Å². The molecule has 0 bridgehead atoms. The van der Waals surface area contributed by atoms with Crippen molar-refractivity contribution in [3.05, 3.63) is 0 Å². The summed E-state index contributed by atoms with van der Waals surface area (Å²) >= 11 is 0. The largest absolute Gasteiger partial charge is 0.462 e. The molecule has 0 aromatic carbocycles. The van der Waals surface area contributed by atoms with E-state index in [1.54, 1.807) is 6.92 Å². The third-order valence-corrected chi connectivity index (χ3v) is 14.3. The van der Waals surface area contributed by atoms with Crippen LogP contribution in [0.15, 0.2) is 0 Å². The van der Waals surface area contributed by atoms with Crippen molar-refractivity contribution in [1.29, 1.82) is 0 Å². The average Bonchev–Trinajstić information content (AvgIpc) is 2.76. The zero-order chi connectivity index (χ0) is 25.8. The molecular weight excluding hydrogens is 432 g/mol. The molecule has 0 spiro atoms. The van der Waals surface area contributed by atoms with Crippen LogP contribution in [0.3, 0.4) is 0 Å². The average molecular weight is 487 g/mol. The number of aliphatic hydroxyl groups excluding tert-OH is 1. The molecule has 0 heterocycles. The number of fused-ring (bicyclic) bond motifs is 7. The number of carbonyl (C=O) groups is 1. The highest BCUT2D eigenvalue weighted by Crippen LogP contribution is 2.77. The molecule has 3 nitrogen and oxygen atoms in total. The Morgan fingerprint density at radius 3 is 2.14 bits per heavy atom. The zero-order valence-corrected chi connectivity index (χ0v) is 24.2. The molecule has 35 heavy (non-hydrogen) atoms. The van der Waals surface area contributed by atoms with E-state index in [0.717, 1.165) is 25.2 Å². The van der Waals surface area contributed by atoms with Gasteiger partial charge in [0.25, 0.3) is 0 Å². The lowest BCUT2D eigenvalue weighted by molar-refractivity contribution is -0.281. The Morgan fingerprint density at radius 2 is 1.49 bits per heavy atom. The van der Waals surface area contributed by atoms with Crippen LogP contribution in [0.1, 0.15) is 120 Å². The van der Waals surface area contributed by atoms with Gasteiger partial charge in [-0.2, -0.15) is 0 Å². The lowest BCUT2D eigenvalue weighted by atomic mass is 9.31. The fraction of sp³-hybridized carbons (Fsp3) is 0.969. The van der Waals surface area contributed by atoms with Crippen molar-refractivity contribution in [3.8, 4) is 0 Å². The van der Waals surface area contributed by atoms with Gasteiger partial charge in [-0.05, 0) is 115 Å². The Hall–Kier alpha value is -0.570. The molecule has 5 fully saturated rings. The second kappa shape index (κ2) is 7.97. The van der Waals surface area contributed by atoms with Gasteiger partial charge in [0.1, 0.15) is 6.10 Å². The predicted octanol–water partition coefficient (Wildman–Crippen LogP) is 7.65. The van der Waals surface area contributed by atoms with Crippen LogP contribution in [0.5, 0.6) is 0 Å². The molecule has 5 rings (SSSR count). The van der Waals surface area contributed by atoms with Gasteiger partial charge < -0.3 is 9.84 Å². The molecule has 200 valence electrons. The summed E-state index contributed by atoms with van der Waals surface area (Å²) in [4.78, 5) is 11.9. The van der Waals surface area contributed by atoms with Crippen LogP contribution in [0.2, 0.25) is 0 Å². The fourth-order valence-electron chi connectivity index (χ4n) is 12.0. The minimum Gasteiger partial charge on any atom is -0.462 e. The van der Waals surface area contributed by atoms with Crippen LogP contribution in [-0.2, 0) is 9.53 Å². The van der Waals surface area contributed by atoms with Gasteiger partial charge in [-0.3, -0.25) is 4.79 Å². The topological polar surface area (TPSA) is 46.5 Å². The summed E-state index contributed by atoms with van der Waals surface area (Å²) in [5, 5.41) is 12.1. The van der Waals surface area contributed by atoms with E-state index in [1.807, 2.05) is 0 Å². The van der Waals surface area contributed by atoms with Gasteiger partial charge in [0.2, 0.25) is 0 Å². The van der Waals surface area contributed by atoms with Gasteiger partial charge in [-0.25, -0.2) is 0 Å². The molecule has 12 atom stereocenters. The van der Waals surface area contributed by atoms with E-state index >= 15 is 0 Å². The van der Waals surface area contributed by atoms with Crippen molar-refractivity contribution in [2.45, 2.75) is 132 Å². The maximum Gasteiger partial charge on any atom is 0.302 e. The zero-order valence-electron chi connectivity index (χ0n) is 24.2. The van der Waals surface area contributed by atoms with Crippen molar-refractivity contribution in [1.82, 2.24) is 0 Å². The minimum atomic E-state index is -0.194. The Morgan fingerprint density at radius 1 is 0.800 bits per heavy atom. The highest BCUT2D eigenvalue weighted by atomic mass is 16.5. The monoisotopic (exact) mass is 486 g/mol. The standard InChI is InChI=1S/C32H54O3/c1-19-10-13-29(6)16-17-32(9)27(26(29)20(19)2)22(34)18-24-30(7)14-12-25(35-21(3)33)28(4,5)23(30)11-15-31(24,32)8/h19-20,22-27,34H,10-18H2,1-9H3. The first-order chi connectivity index (χ1) is 16.1. The molecule has 0 amide bonds. The summed E-state index contributed by atoms with van der Waals surface area (Å²) in [6.07, 6.45) is 10.6. The second-order valence-electron chi connectivity index (χ2n) is 15.8. The van der Waals surface area contributed by atoms with E-state index in [-0.39, 0.29) is 39.8 Å². The molecule has 5 aliphatic rings. The third-order valence-electron chi connectivity index (χ3n) is 14.3. The van der Waals surface area contributed by atoms with E-state index in [0.29, 0.717) is 35.0 Å². The van der Waals surface area contributed by atoms with Gasteiger partial charge in [0.15, 0.2) is 0 Å². The van der Waals surface area contributed by atoms with Crippen LogP contribution in [0.25, 0.3) is 0 Å². The molecule has 3 heteroatoms. The van der Waals surface area contributed by atoms with Crippen LogP contribution >= 0.6 is 0 Å². The lowest BCUT2D eigenvalue weighted by Gasteiger charge is -2.74. The first-order valence-corrected chi connectivity index (χ1v) is 15.0. The Bertz CT molecular complexity index is 865. The summed E-state index contributed by atoms with van der Waals surface area (Å²) in [6.45, 7) is 21.6. The van der Waals surface area contributed by atoms with Crippen molar-refractivity contribution in [3.63, 3.8) is 0 Å². The number of aliphatic hydroxyl groups is 1. The van der Waals surface area contributed by atoms with Crippen LogP contribution in [0, 0.1) is 62.6 Å². The molecule has 0 aliphatic heterocycles. The Balaban J connectivity index is 1.53. The molecule has 12 unspecified atom stereocenters. The summed E-state index contributed by atoms with van der Waals surface area (Å²) in [5.74, 6) is 3.43. The molecule has 1 N–H and O–H groups in total. The predicted molar refractivity (Wildman–Crippen MR) is 142 cm³/mol. The van der Waals surface area contributed by atoms with Crippen molar-refractivity contribution >= 4 is 5.97 Å². The van der Waals surface area contributed by atoms with Crippen molar-refractivity contribution < 1.29 is 14.6 Å². The molecule has 0 radical (unpaired) electrons. The normalized spacial score (nSPS) is 57.2. The number of carbonyl (C=O) groups excluding carboxylic acids is 1. The van der Waals surface area contributed by atoms with Crippen LogP contribution in [0.4, 0.5) is 0 Å². The summed E-state index contributed by atoms with van der Waals surface area (Å²) in [7, 11) is 0. The van der Waals surface area contributed by atoms with Gasteiger partial charge in [0, 0.05) is 12.3 Å². The van der Waals surface area contributed by atoms with E-state index in [4.69, 9.17) is 4.74 Å². The van der Waals surface area contributed by atoms with Gasteiger partial charge in [0.05, 0.1) is 6.10 Å². The number of hydrogen-bond acceptors (Lipinski definition) is 3. The molecule has 5 saturated carbocycles. The highest BCUT2D eigenvalue weighted by Gasteiger charge is 2.71. The fourth-order valence-corrected chi connectivity index (χ4v) is 12.0. The first-order valence-electron chi connectivity index (χ1n) is 15.0. The molecule has 0 saturated heterocycles. The third kappa shape index (κ3) is 3.34. The first kappa shape index (κ1) is 26.1. The summed E-state index contributed by atoms with van der Waals surface area (Å²) in [6, 6.07) is 0. The number of rotatable bonds is 1. The van der Waals surface area contributed by atoms with E-state index in [9.17, 15) is 9.90 Å². The second-order valence-corrected chi connectivity index (χ2v) is 15.8. The highest BCUT2D eigenvalue weighted by molar-refractivity contribution is 5.66. The SMILES string of the molecule is CC(=O)OC1CCC2(C)C(CCC3(C)C2CC(O)C2C4C(C)C(C)CCC4(C)CCC23C)C1(C)C. The minimum absolute atomic E-state index is 0.0132. The number of ether oxygens (including phenoxy) is 1. The van der Waals surface area contributed by atoms with E-state index in [2.05, 4.69) is 55.4 Å². The smallest absolute Gasteiger partial charge is 0.302 e.